The number of hydrogen-bond donors (Lipinski definition) is 2. The number of nitrogens with zero attached hydrogens (tertiary/aromatic N) is 1. The van der Waals surface area contributed by atoms with E-state index in [9.17, 15) is 13.2 Å². The van der Waals surface area contributed by atoms with E-state index in [4.69, 9.17) is 0 Å². The maximum absolute atomic E-state index is 12.9. The molecule has 0 bridgehead atoms. The van der Waals surface area contributed by atoms with E-state index >= 15 is 0 Å². The number of sulfonamides is 1. The van der Waals surface area contributed by atoms with E-state index in [1.54, 1.807) is 24.3 Å². The fraction of sp³-hybridized carbons (Fsp3) is 0.611. The number of carbonyl (C=O) groups excluding carboxylic acids is 1. The Bertz CT molecular complexity index is 699. The molecule has 2 aliphatic heterocycles. The number of benzene rings is 1. The van der Waals surface area contributed by atoms with Gasteiger partial charge in [-0.3, -0.25) is 4.79 Å². The van der Waals surface area contributed by atoms with Crippen molar-refractivity contribution in [1.29, 1.82) is 0 Å². The van der Waals surface area contributed by atoms with Gasteiger partial charge in [0.05, 0.1) is 10.5 Å². The normalized spacial score (nSPS) is 21.2. The fourth-order valence-corrected chi connectivity index (χ4v) is 5.28. The summed E-state index contributed by atoms with van der Waals surface area (Å²) in [6.45, 7) is 3.68. The number of halogens is 1. The lowest BCUT2D eigenvalue weighted by Gasteiger charge is -2.26. The highest BCUT2D eigenvalue weighted by molar-refractivity contribution is 7.89. The van der Waals surface area contributed by atoms with E-state index in [2.05, 4.69) is 10.6 Å². The third-order valence-electron chi connectivity index (χ3n) is 5.07. The first-order valence-electron chi connectivity index (χ1n) is 9.17. The lowest BCUT2D eigenvalue weighted by molar-refractivity contribution is 0.0948. The molecule has 3 rings (SSSR count). The van der Waals surface area contributed by atoms with E-state index in [-0.39, 0.29) is 28.8 Å². The number of hydrogen-bond acceptors (Lipinski definition) is 4. The summed E-state index contributed by atoms with van der Waals surface area (Å²) in [5.41, 5.74) is 0.248. The highest BCUT2D eigenvalue weighted by atomic mass is 35.5. The van der Waals surface area contributed by atoms with Crippen LogP contribution in [0.5, 0.6) is 0 Å². The van der Waals surface area contributed by atoms with Crippen LogP contribution in [0.25, 0.3) is 0 Å². The molecule has 0 aliphatic carbocycles. The molecular weight excluding hydrogens is 374 g/mol. The summed E-state index contributed by atoms with van der Waals surface area (Å²) in [5.74, 6) is 0.287. The first kappa shape index (κ1) is 21.2. The first-order chi connectivity index (χ1) is 12.1. The summed E-state index contributed by atoms with van der Waals surface area (Å²) in [6.07, 6.45) is 4.87. The number of carbonyl (C=O) groups is 1. The van der Waals surface area contributed by atoms with Gasteiger partial charge in [0.1, 0.15) is 0 Å². The van der Waals surface area contributed by atoms with Gasteiger partial charge in [-0.1, -0.05) is 18.6 Å². The van der Waals surface area contributed by atoms with Gasteiger partial charge >= 0.3 is 0 Å². The molecule has 146 valence electrons. The van der Waals surface area contributed by atoms with Crippen LogP contribution in [-0.2, 0) is 10.0 Å². The Hall–Kier alpha value is -1.15. The van der Waals surface area contributed by atoms with Crippen LogP contribution < -0.4 is 10.6 Å². The second-order valence-corrected chi connectivity index (χ2v) is 8.77. The summed E-state index contributed by atoms with van der Waals surface area (Å²) >= 11 is 0. The van der Waals surface area contributed by atoms with Gasteiger partial charge in [-0.2, -0.15) is 4.31 Å². The first-order valence-corrected chi connectivity index (χ1v) is 10.6. The van der Waals surface area contributed by atoms with Gasteiger partial charge in [-0.05, 0) is 56.8 Å². The summed E-state index contributed by atoms with van der Waals surface area (Å²) in [6, 6.07) is 6.53. The van der Waals surface area contributed by atoms with Crippen LogP contribution in [0, 0.1) is 5.92 Å². The molecule has 2 heterocycles. The maximum Gasteiger partial charge on any atom is 0.252 e. The van der Waals surface area contributed by atoms with Gasteiger partial charge in [0.25, 0.3) is 5.91 Å². The Kier molecular flexibility index (Phi) is 7.88. The van der Waals surface area contributed by atoms with Crippen molar-refractivity contribution in [3.05, 3.63) is 29.8 Å². The van der Waals surface area contributed by atoms with E-state index < -0.39 is 10.0 Å². The van der Waals surface area contributed by atoms with Crippen LogP contribution >= 0.6 is 12.4 Å². The summed E-state index contributed by atoms with van der Waals surface area (Å²) in [4.78, 5) is 12.7. The SMILES string of the molecule is Cl.O=C(NCCC1CCNC1)c1ccccc1S(=O)(=O)N1CCCCC1. The Balaban J connectivity index is 0.00000243. The fourth-order valence-electron chi connectivity index (χ4n) is 3.57. The quantitative estimate of drug-likeness (QED) is 0.764. The molecule has 1 amide bonds. The topological polar surface area (TPSA) is 78.5 Å². The highest BCUT2D eigenvalue weighted by Crippen LogP contribution is 2.23. The average molecular weight is 402 g/mol. The van der Waals surface area contributed by atoms with Crippen LogP contribution in [-0.4, -0.2) is 51.4 Å². The second-order valence-electron chi connectivity index (χ2n) is 6.86. The minimum absolute atomic E-state index is 0. The van der Waals surface area contributed by atoms with Gasteiger partial charge in [0.2, 0.25) is 10.0 Å². The van der Waals surface area contributed by atoms with E-state index in [0.29, 0.717) is 25.6 Å². The van der Waals surface area contributed by atoms with Crippen molar-refractivity contribution >= 4 is 28.3 Å². The highest BCUT2D eigenvalue weighted by Gasteiger charge is 2.29. The van der Waals surface area contributed by atoms with Crippen molar-refractivity contribution in [1.82, 2.24) is 14.9 Å². The third-order valence-corrected chi connectivity index (χ3v) is 7.02. The van der Waals surface area contributed by atoms with Gasteiger partial charge < -0.3 is 10.6 Å². The summed E-state index contributed by atoms with van der Waals surface area (Å²) < 4.78 is 27.4. The van der Waals surface area contributed by atoms with Crippen molar-refractivity contribution < 1.29 is 13.2 Å². The monoisotopic (exact) mass is 401 g/mol. The van der Waals surface area contributed by atoms with E-state index in [1.807, 2.05) is 0 Å². The third kappa shape index (κ3) is 4.97. The van der Waals surface area contributed by atoms with Crippen LogP contribution in [0.4, 0.5) is 0 Å². The summed E-state index contributed by atoms with van der Waals surface area (Å²) in [5, 5.41) is 6.20. The molecular formula is C18H28ClN3O3S. The summed E-state index contributed by atoms with van der Waals surface area (Å²) in [7, 11) is -3.62. The van der Waals surface area contributed by atoms with Gasteiger partial charge in [0.15, 0.2) is 0 Å². The van der Waals surface area contributed by atoms with Crippen molar-refractivity contribution in [3.8, 4) is 0 Å². The molecule has 1 atom stereocenters. The van der Waals surface area contributed by atoms with Gasteiger partial charge in [0, 0.05) is 19.6 Å². The number of piperidine rings is 1. The lowest BCUT2D eigenvalue weighted by Crippen LogP contribution is -2.37. The zero-order valence-electron chi connectivity index (χ0n) is 14.9. The van der Waals surface area contributed by atoms with Crippen LogP contribution in [0.2, 0.25) is 0 Å². The molecule has 2 fully saturated rings. The van der Waals surface area contributed by atoms with Gasteiger partial charge in [-0.25, -0.2) is 8.42 Å². The predicted molar refractivity (Wildman–Crippen MR) is 104 cm³/mol. The van der Waals surface area contributed by atoms with E-state index in [0.717, 1.165) is 45.2 Å². The molecule has 8 heteroatoms. The Morgan fingerprint density at radius 2 is 1.92 bits per heavy atom. The molecule has 2 saturated heterocycles. The maximum atomic E-state index is 12.9. The van der Waals surface area contributed by atoms with E-state index in [1.165, 1.54) is 4.31 Å². The smallest absolute Gasteiger partial charge is 0.252 e. The molecule has 0 radical (unpaired) electrons. The number of amides is 1. The van der Waals surface area contributed by atoms with Crippen LogP contribution in [0.3, 0.4) is 0 Å². The molecule has 2 aliphatic rings. The van der Waals surface area contributed by atoms with Gasteiger partial charge in [-0.15, -0.1) is 12.4 Å². The van der Waals surface area contributed by atoms with Crippen molar-refractivity contribution in [2.24, 2.45) is 5.92 Å². The molecule has 0 spiro atoms. The Labute approximate surface area is 162 Å². The largest absolute Gasteiger partial charge is 0.352 e. The minimum Gasteiger partial charge on any atom is -0.352 e. The molecule has 1 aromatic rings. The Morgan fingerprint density at radius 1 is 1.19 bits per heavy atom. The molecule has 1 unspecified atom stereocenters. The molecule has 1 aromatic carbocycles. The lowest BCUT2D eigenvalue weighted by atomic mass is 10.1. The standard InChI is InChI=1S/C18H27N3O3S.ClH/c22-18(20-11-9-15-8-10-19-14-15)16-6-2-3-7-17(16)25(23,24)21-12-4-1-5-13-21;/h2-3,6-7,15,19H,1,4-5,8-14H2,(H,20,22);1H. The van der Waals surface area contributed by atoms with Crippen molar-refractivity contribution in [3.63, 3.8) is 0 Å². The molecule has 26 heavy (non-hydrogen) atoms. The molecule has 6 nitrogen and oxygen atoms in total. The second kappa shape index (κ2) is 9.69. The van der Waals surface area contributed by atoms with Crippen molar-refractivity contribution in [2.45, 2.75) is 37.0 Å². The molecule has 0 saturated carbocycles. The number of rotatable bonds is 6. The van der Waals surface area contributed by atoms with Crippen LogP contribution in [0.1, 0.15) is 42.5 Å². The zero-order valence-corrected chi connectivity index (χ0v) is 16.6. The molecule has 0 aromatic heterocycles. The zero-order chi connectivity index (χ0) is 17.7. The van der Waals surface area contributed by atoms with Crippen LogP contribution in [0.15, 0.2) is 29.2 Å². The molecule has 2 N–H and O–H groups in total. The number of nitrogens with one attached hydrogen (secondary N) is 2. The minimum atomic E-state index is -3.62. The van der Waals surface area contributed by atoms with Crippen molar-refractivity contribution in [2.75, 3.05) is 32.7 Å². The predicted octanol–water partition coefficient (Wildman–Crippen LogP) is 2.01. The average Bonchev–Trinajstić information content (AvgIpc) is 3.16. The Morgan fingerprint density at radius 3 is 2.62 bits per heavy atom.